The summed E-state index contributed by atoms with van der Waals surface area (Å²) >= 11 is 0. The highest BCUT2D eigenvalue weighted by Gasteiger charge is 2.51. The number of ketones is 1. The van der Waals surface area contributed by atoms with Gasteiger partial charge in [-0.15, -0.1) is 0 Å². The molecule has 35 heavy (non-hydrogen) atoms. The summed E-state index contributed by atoms with van der Waals surface area (Å²) in [6, 6.07) is 0. The Morgan fingerprint density at radius 1 is 0.857 bits per heavy atom. The Hall–Kier alpha value is -0.870. The van der Waals surface area contributed by atoms with Gasteiger partial charge < -0.3 is 33.9 Å². The number of Topliss-reactive ketones (excluding diaryl/α,β-unsaturated/α-hetero) is 1. The van der Waals surface area contributed by atoms with Crippen molar-refractivity contribution in [1.82, 2.24) is 0 Å². The van der Waals surface area contributed by atoms with E-state index in [2.05, 4.69) is 6.58 Å². The van der Waals surface area contributed by atoms with Crippen molar-refractivity contribution in [3.63, 3.8) is 0 Å². The summed E-state index contributed by atoms with van der Waals surface area (Å²) in [5.74, 6) is 0.495. The van der Waals surface area contributed by atoms with E-state index >= 15 is 0 Å². The second-order valence-electron chi connectivity index (χ2n) is 11.3. The van der Waals surface area contributed by atoms with Crippen molar-refractivity contribution < 1.29 is 38.7 Å². The van der Waals surface area contributed by atoms with Crippen molar-refractivity contribution >= 4 is 5.78 Å². The summed E-state index contributed by atoms with van der Waals surface area (Å²) in [6.45, 7) is 7.52. The first kappa shape index (κ1) is 25.8. The molecule has 0 radical (unpaired) electrons. The molecular weight excluding hydrogens is 452 g/mol. The third-order valence-electron chi connectivity index (χ3n) is 8.62. The first-order valence-electron chi connectivity index (χ1n) is 13.6. The summed E-state index contributed by atoms with van der Waals surface area (Å²) in [5, 5.41) is 21.8. The van der Waals surface area contributed by atoms with Crippen LogP contribution in [0.5, 0.6) is 0 Å². The molecule has 5 saturated heterocycles. The number of carbonyl (C=O) groups is 1. The van der Waals surface area contributed by atoms with Gasteiger partial charge in [-0.1, -0.05) is 6.58 Å². The first-order valence-corrected chi connectivity index (χ1v) is 13.6. The molecule has 0 amide bonds. The fourth-order valence-corrected chi connectivity index (χ4v) is 6.49. The van der Waals surface area contributed by atoms with Crippen LogP contribution in [0.4, 0.5) is 0 Å². The average Bonchev–Trinajstić information content (AvgIpc) is 3.58. The van der Waals surface area contributed by atoms with Gasteiger partial charge in [0, 0.05) is 26.1 Å². The van der Waals surface area contributed by atoms with E-state index in [0.29, 0.717) is 38.2 Å². The zero-order chi connectivity index (χ0) is 24.5. The molecule has 2 N–H and O–H groups in total. The molecule has 5 fully saturated rings. The minimum absolute atomic E-state index is 0.113. The lowest BCUT2D eigenvalue weighted by Gasteiger charge is -2.48. The van der Waals surface area contributed by atoms with E-state index in [4.69, 9.17) is 23.7 Å². The van der Waals surface area contributed by atoms with E-state index in [1.54, 1.807) is 0 Å². The molecule has 5 aliphatic rings. The predicted octanol–water partition coefficient (Wildman–Crippen LogP) is 2.47. The van der Waals surface area contributed by atoms with Crippen LogP contribution in [0.25, 0.3) is 0 Å². The van der Waals surface area contributed by atoms with Gasteiger partial charge in [0.15, 0.2) is 0 Å². The smallest absolute Gasteiger partial charge is 0.135 e. The Balaban J connectivity index is 1.08. The van der Waals surface area contributed by atoms with Gasteiger partial charge in [-0.2, -0.15) is 0 Å². The van der Waals surface area contributed by atoms with Gasteiger partial charge in [-0.3, -0.25) is 4.79 Å². The Kier molecular flexibility index (Phi) is 8.28. The molecule has 0 aromatic heterocycles. The molecule has 5 heterocycles. The van der Waals surface area contributed by atoms with Crippen LogP contribution in [0.1, 0.15) is 71.1 Å². The highest BCUT2D eigenvalue weighted by atomic mass is 16.6. The van der Waals surface area contributed by atoms with Crippen molar-refractivity contribution in [2.24, 2.45) is 5.92 Å². The standard InChI is InChI=1S/C27H42O8/c1-15-11-20(32-16(15)2)4-3-19-5-7-22(33-19)27-25(30)24(29)26-23(35-27)8-6-21(34-26)13-18(28)12-17-9-10-31-14-17/h16-17,19-27,29-30H,1,3-14H2,2H3/t16?,17-,19+,20-,21+,22-,23-,24+,25-,26?,27?/m0/s1. The van der Waals surface area contributed by atoms with Crippen LogP contribution in [-0.4, -0.2) is 90.2 Å². The Morgan fingerprint density at radius 2 is 1.54 bits per heavy atom. The van der Waals surface area contributed by atoms with Gasteiger partial charge in [0.1, 0.15) is 30.2 Å². The van der Waals surface area contributed by atoms with Crippen LogP contribution in [0.15, 0.2) is 12.2 Å². The molecule has 3 unspecified atom stereocenters. The molecule has 0 bridgehead atoms. The SMILES string of the molecule is C=C1C[C@H](CC[C@@H]2CC[C@@H](C3O[C@H]4CC[C@H](CC(=O)C[C@@H]5CCOC5)OC4[C@H](O)[C@@H]3O)O2)OC1C. The lowest BCUT2D eigenvalue weighted by molar-refractivity contribution is -0.279. The van der Waals surface area contributed by atoms with Crippen molar-refractivity contribution in [2.75, 3.05) is 13.2 Å². The predicted molar refractivity (Wildman–Crippen MR) is 127 cm³/mol. The quantitative estimate of drug-likeness (QED) is 0.496. The monoisotopic (exact) mass is 494 g/mol. The van der Waals surface area contributed by atoms with E-state index in [1.165, 1.54) is 0 Å². The summed E-state index contributed by atoms with van der Waals surface area (Å²) < 4.78 is 30.0. The molecule has 0 aromatic rings. The molecule has 0 aliphatic carbocycles. The third kappa shape index (κ3) is 6.00. The van der Waals surface area contributed by atoms with Crippen LogP contribution < -0.4 is 0 Å². The zero-order valence-corrected chi connectivity index (χ0v) is 20.9. The maximum atomic E-state index is 12.5. The highest BCUT2D eigenvalue weighted by molar-refractivity contribution is 5.79. The Morgan fingerprint density at radius 3 is 2.23 bits per heavy atom. The highest BCUT2D eigenvalue weighted by Crippen LogP contribution is 2.38. The number of ether oxygens (including phenoxy) is 5. The van der Waals surface area contributed by atoms with Crippen LogP contribution in [0, 0.1) is 5.92 Å². The Bertz CT molecular complexity index is 749. The first-order chi connectivity index (χ1) is 16.9. The summed E-state index contributed by atoms with van der Waals surface area (Å²) in [5.41, 5.74) is 1.16. The minimum atomic E-state index is -1.08. The van der Waals surface area contributed by atoms with Gasteiger partial charge in [0.2, 0.25) is 0 Å². The lowest BCUT2D eigenvalue weighted by Crippen LogP contribution is -2.63. The largest absolute Gasteiger partial charge is 0.387 e. The number of fused-ring (bicyclic) bond motifs is 1. The zero-order valence-electron chi connectivity index (χ0n) is 20.9. The number of aliphatic hydroxyl groups is 2. The molecule has 5 rings (SSSR count). The minimum Gasteiger partial charge on any atom is -0.387 e. The normalized spacial score (nSPS) is 46.1. The maximum Gasteiger partial charge on any atom is 0.135 e. The van der Waals surface area contributed by atoms with Crippen molar-refractivity contribution in [3.05, 3.63) is 12.2 Å². The molecule has 0 aromatic carbocycles. The van der Waals surface area contributed by atoms with Crippen molar-refractivity contribution in [1.29, 1.82) is 0 Å². The van der Waals surface area contributed by atoms with Crippen molar-refractivity contribution in [2.45, 2.75) is 132 Å². The van der Waals surface area contributed by atoms with Gasteiger partial charge in [0.25, 0.3) is 0 Å². The molecule has 0 saturated carbocycles. The Labute approximate surface area is 208 Å². The van der Waals surface area contributed by atoms with Gasteiger partial charge in [-0.25, -0.2) is 0 Å². The molecule has 198 valence electrons. The number of carbonyl (C=O) groups excluding carboxylic acids is 1. The molecule has 8 nitrogen and oxygen atoms in total. The van der Waals surface area contributed by atoms with Crippen molar-refractivity contribution in [3.8, 4) is 0 Å². The summed E-state index contributed by atoms with van der Waals surface area (Å²) in [6.07, 6.45) is 4.06. The van der Waals surface area contributed by atoms with E-state index in [0.717, 1.165) is 50.7 Å². The second-order valence-corrected chi connectivity index (χ2v) is 11.3. The van der Waals surface area contributed by atoms with Gasteiger partial charge in [0.05, 0.1) is 36.6 Å². The lowest BCUT2D eigenvalue weighted by atomic mass is 9.86. The van der Waals surface area contributed by atoms with E-state index in [9.17, 15) is 15.0 Å². The number of aliphatic hydroxyl groups excluding tert-OH is 2. The topological polar surface area (TPSA) is 104 Å². The second kappa shape index (κ2) is 11.3. The van der Waals surface area contributed by atoms with E-state index in [-0.39, 0.29) is 42.4 Å². The van der Waals surface area contributed by atoms with Crippen LogP contribution in [0.3, 0.4) is 0 Å². The molecule has 8 heteroatoms. The van der Waals surface area contributed by atoms with Crippen LogP contribution in [-0.2, 0) is 28.5 Å². The molecule has 11 atom stereocenters. The maximum absolute atomic E-state index is 12.5. The average molecular weight is 495 g/mol. The fraction of sp³-hybridized carbons (Fsp3) is 0.889. The molecular formula is C27H42O8. The van der Waals surface area contributed by atoms with Crippen LogP contribution in [0.2, 0.25) is 0 Å². The van der Waals surface area contributed by atoms with Crippen LogP contribution >= 0.6 is 0 Å². The van der Waals surface area contributed by atoms with E-state index < -0.39 is 24.4 Å². The summed E-state index contributed by atoms with van der Waals surface area (Å²) in [7, 11) is 0. The number of rotatable bonds is 8. The molecule has 5 aliphatic heterocycles. The molecule has 0 spiro atoms. The van der Waals surface area contributed by atoms with Gasteiger partial charge >= 0.3 is 0 Å². The number of hydrogen-bond acceptors (Lipinski definition) is 8. The fourth-order valence-electron chi connectivity index (χ4n) is 6.49. The van der Waals surface area contributed by atoms with E-state index in [1.807, 2.05) is 6.92 Å². The summed E-state index contributed by atoms with van der Waals surface area (Å²) in [4.78, 5) is 12.5. The third-order valence-corrected chi connectivity index (χ3v) is 8.62. The van der Waals surface area contributed by atoms with Gasteiger partial charge in [-0.05, 0) is 69.8 Å². The number of hydrogen-bond donors (Lipinski definition) is 2.